The lowest BCUT2D eigenvalue weighted by Gasteiger charge is -2.22. The largest absolute Gasteiger partial charge is 0.324 e. The second-order valence-corrected chi connectivity index (χ2v) is 5.57. The van der Waals surface area contributed by atoms with Crippen molar-refractivity contribution >= 4 is 34.2 Å². The van der Waals surface area contributed by atoms with E-state index in [2.05, 4.69) is 27.9 Å². The van der Waals surface area contributed by atoms with Crippen molar-refractivity contribution in [2.24, 2.45) is 5.73 Å². The fourth-order valence-electron chi connectivity index (χ4n) is 2.05. The monoisotopic (exact) mass is 330 g/mol. The Hall–Kier alpha value is -0.620. The normalized spacial score (nSPS) is 18.4. The average Bonchev–Trinajstić information content (AvgIpc) is 2.66. The van der Waals surface area contributed by atoms with Crippen LogP contribution >= 0.6 is 22.6 Å². The topological polar surface area (TPSA) is 55.1 Å². The Kier molecular flexibility index (Phi) is 3.49. The summed E-state index contributed by atoms with van der Waals surface area (Å²) < 4.78 is 1.10. The summed E-state index contributed by atoms with van der Waals surface area (Å²) in [6, 6.07) is 7.74. The Morgan fingerprint density at radius 2 is 2.06 bits per heavy atom. The third-order valence-electron chi connectivity index (χ3n) is 3.03. The van der Waals surface area contributed by atoms with Gasteiger partial charge in [0, 0.05) is 9.26 Å². The second kappa shape index (κ2) is 4.71. The van der Waals surface area contributed by atoms with Crippen LogP contribution in [0.4, 0.5) is 5.69 Å². The molecule has 0 saturated heterocycles. The first kappa shape index (κ1) is 11.9. The van der Waals surface area contributed by atoms with Gasteiger partial charge in [0.25, 0.3) is 0 Å². The number of nitrogens with two attached hydrogens (primary N) is 1. The van der Waals surface area contributed by atoms with Gasteiger partial charge in [-0.15, -0.1) is 0 Å². The molecule has 0 bridgehead atoms. The van der Waals surface area contributed by atoms with Gasteiger partial charge in [-0.25, -0.2) is 0 Å². The van der Waals surface area contributed by atoms with Crippen LogP contribution in [-0.4, -0.2) is 11.4 Å². The highest BCUT2D eigenvalue weighted by atomic mass is 127. The van der Waals surface area contributed by atoms with Crippen LogP contribution in [0.3, 0.4) is 0 Å². The van der Waals surface area contributed by atoms with Gasteiger partial charge in [-0.1, -0.05) is 18.9 Å². The number of halogens is 1. The lowest BCUT2D eigenvalue weighted by atomic mass is 9.98. The van der Waals surface area contributed by atoms with Crippen molar-refractivity contribution < 1.29 is 4.79 Å². The summed E-state index contributed by atoms with van der Waals surface area (Å²) in [5, 5.41) is 2.90. The second-order valence-electron chi connectivity index (χ2n) is 4.33. The first-order chi connectivity index (χ1) is 7.60. The third kappa shape index (κ3) is 2.55. The summed E-state index contributed by atoms with van der Waals surface area (Å²) in [6.45, 7) is 0. The van der Waals surface area contributed by atoms with Crippen LogP contribution in [0.15, 0.2) is 24.3 Å². The highest BCUT2D eigenvalue weighted by molar-refractivity contribution is 14.1. The molecule has 1 saturated carbocycles. The number of benzene rings is 1. The lowest BCUT2D eigenvalue weighted by Crippen LogP contribution is -2.48. The van der Waals surface area contributed by atoms with Crippen LogP contribution < -0.4 is 11.1 Å². The Morgan fingerprint density at radius 3 is 2.69 bits per heavy atom. The molecular weight excluding hydrogens is 315 g/mol. The zero-order valence-electron chi connectivity index (χ0n) is 9.00. The maximum atomic E-state index is 12.0. The van der Waals surface area contributed by atoms with Gasteiger partial charge in [-0.3, -0.25) is 4.79 Å². The molecule has 3 nitrogen and oxygen atoms in total. The van der Waals surface area contributed by atoms with Crippen LogP contribution in [0.5, 0.6) is 0 Å². The molecule has 1 aromatic rings. The quantitative estimate of drug-likeness (QED) is 0.819. The number of carbonyl (C=O) groups is 1. The first-order valence-electron chi connectivity index (χ1n) is 5.46. The SMILES string of the molecule is NC1(C(=O)Nc2cccc(I)c2)CCCC1. The number of nitrogens with one attached hydrogen (secondary N) is 1. The Bertz CT molecular complexity index is 400. The van der Waals surface area contributed by atoms with E-state index in [9.17, 15) is 4.79 Å². The summed E-state index contributed by atoms with van der Waals surface area (Å²) in [5.74, 6) is -0.0491. The molecule has 1 amide bonds. The van der Waals surface area contributed by atoms with Crippen LogP contribution in [0, 0.1) is 3.57 Å². The predicted octanol–water partition coefficient (Wildman–Crippen LogP) is 2.50. The number of hydrogen-bond donors (Lipinski definition) is 2. The Balaban J connectivity index is 2.07. The molecule has 2 rings (SSSR count). The van der Waals surface area contributed by atoms with Crippen LogP contribution in [-0.2, 0) is 4.79 Å². The van der Waals surface area contributed by atoms with Gasteiger partial charge in [0.15, 0.2) is 0 Å². The number of anilines is 1. The molecule has 86 valence electrons. The van der Waals surface area contributed by atoms with Crippen molar-refractivity contribution in [3.63, 3.8) is 0 Å². The van der Waals surface area contributed by atoms with E-state index in [1.54, 1.807) is 0 Å². The van der Waals surface area contributed by atoms with Crippen molar-refractivity contribution in [2.75, 3.05) is 5.32 Å². The highest BCUT2D eigenvalue weighted by Gasteiger charge is 2.36. The zero-order valence-corrected chi connectivity index (χ0v) is 11.2. The van der Waals surface area contributed by atoms with Crippen molar-refractivity contribution in [1.82, 2.24) is 0 Å². The summed E-state index contributed by atoms with van der Waals surface area (Å²) in [6.07, 6.45) is 3.69. The number of carbonyl (C=O) groups excluding carboxylic acids is 1. The van der Waals surface area contributed by atoms with E-state index in [0.29, 0.717) is 0 Å². The van der Waals surface area contributed by atoms with E-state index >= 15 is 0 Å². The molecule has 0 aromatic heterocycles. The summed E-state index contributed by atoms with van der Waals surface area (Å²) in [5.41, 5.74) is 6.25. The fourth-order valence-corrected chi connectivity index (χ4v) is 2.60. The number of hydrogen-bond acceptors (Lipinski definition) is 2. The first-order valence-corrected chi connectivity index (χ1v) is 6.54. The van der Waals surface area contributed by atoms with Gasteiger partial charge in [-0.05, 0) is 53.6 Å². The fraction of sp³-hybridized carbons (Fsp3) is 0.417. The molecular formula is C12H15IN2O. The van der Waals surface area contributed by atoms with E-state index in [1.165, 1.54) is 0 Å². The minimum atomic E-state index is -0.652. The van der Waals surface area contributed by atoms with E-state index < -0.39 is 5.54 Å². The summed E-state index contributed by atoms with van der Waals surface area (Å²) in [7, 11) is 0. The Morgan fingerprint density at radius 1 is 1.38 bits per heavy atom. The van der Waals surface area contributed by atoms with E-state index in [-0.39, 0.29) is 5.91 Å². The molecule has 0 unspecified atom stereocenters. The van der Waals surface area contributed by atoms with E-state index in [1.807, 2.05) is 24.3 Å². The van der Waals surface area contributed by atoms with Gasteiger partial charge in [0.1, 0.15) is 0 Å². The summed E-state index contributed by atoms with van der Waals surface area (Å²) >= 11 is 2.22. The van der Waals surface area contributed by atoms with Crippen LogP contribution in [0.25, 0.3) is 0 Å². The van der Waals surface area contributed by atoms with Gasteiger partial charge in [0.05, 0.1) is 5.54 Å². The summed E-state index contributed by atoms with van der Waals surface area (Å²) in [4.78, 5) is 12.0. The number of rotatable bonds is 2. The van der Waals surface area contributed by atoms with E-state index in [4.69, 9.17) is 5.73 Å². The standard InChI is InChI=1S/C12H15IN2O/c13-9-4-3-5-10(8-9)15-11(16)12(14)6-1-2-7-12/h3-5,8H,1-2,6-7,14H2,(H,15,16). The molecule has 1 fully saturated rings. The average molecular weight is 330 g/mol. The van der Waals surface area contributed by atoms with Gasteiger partial charge in [0.2, 0.25) is 5.91 Å². The van der Waals surface area contributed by atoms with Gasteiger partial charge >= 0.3 is 0 Å². The molecule has 3 N–H and O–H groups in total. The minimum Gasteiger partial charge on any atom is -0.324 e. The molecule has 1 aliphatic carbocycles. The van der Waals surface area contributed by atoms with E-state index in [0.717, 1.165) is 34.9 Å². The maximum Gasteiger partial charge on any atom is 0.244 e. The molecule has 0 spiro atoms. The zero-order chi connectivity index (χ0) is 11.6. The molecule has 1 aromatic carbocycles. The molecule has 0 heterocycles. The van der Waals surface area contributed by atoms with Gasteiger partial charge in [-0.2, -0.15) is 0 Å². The highest BCUT2D eigenvalue weighted by Crippen LogP contribution is 2.28. The third-order valence-corrected chi connectivity index (χ3v) is 3.70. The predicted molar refractivity (Wildman–Crippen MR) is 73.2 cm³/mol. The molecule has 16 heavy (non-hydrogen) atoms. The van der Waals surface area contributed by atoms with Crippen molar-refractivity contribution in [3.05, 3.63) is 27.8 Å². The lowest BCUT2D eigenvalue weighted by molar-refractivity contribution is -0.121. The molecule has 1 aliphatic rings. The van der Waals surface area contributed by atoms with Crippen LogP contribution in [0.1, 0.15) is 25.7 Å². The van der Waals surface area contributed by atoms with Crippen LogP contribution in [0.2, 0.25) is 0 Å². The van der Waals surface area contributed by atoms with Gasteiger partial charge < -0.3 is 11.1 Å². The Labute approximate surface area is 109 Å². The molecule has 0 radical (unpaired) electrons. The van der Waals surface area contributed by atoms with Crippen molar-refractivity contribution in [1.29, 1.82) is 0 Å². The maximum absolute atomic E-state index is 12.0. The minimum absolute atomic E-state index is 0.0491. The molecule has 4 heteroatoms. The molecule has 0 atom stereocenters. The van der Waals surface area contributed by atoms with Crippen molar-refractivity contribution in [3.8, 4) is 0 Å². The molecule has 0 aliphatic heterocycles. The number of amides is 1. The van der Waals surface area contributed by atoms with Crippen molar-refractivity contribution in [2.45, 2.75) is 31.2 Å². The smallest absolute Gasteiger partial charge is 0.244 e.